The Hall–Kier alpha value is -2.77. The summed E-state index contributed by atoms with van der Waals surface area (Å²) in [5.41, 5.74) is 0.477. The van der Waals surface area contributed by atoms with Gasteiger partial charge in [0.2, 0.25) is 11.8 Å². The van der Waals surface area contributed by atoms with Crippen LogP contribution in [0.1, 0.15) is 52.0 Å². The summed E-state index contributed by atoms with van der Waals surface area (Å²) < 4.78 is 10.9. The van der Waals surface area contributed by atoms with E-state index in [1.54, 1.807) is 25.7 Å². The number of amides is 3. The van der Waals surface area contributed by atoms with Crippen LogP contribution in [0.4, 0.5) is 4.79 Å². The highest BCUT2D eigenvalue weighted by Crippen LogP contribution is 2.16. The van der Waals surface area contributed by atoms with Gasteiger partial charge in [-0.15, -0.1) is 0 Å². The molecule has 1 heterocycles. The number of carbonyl (C=O) groups is 3. The molecule has 0 unspecified atom stereocenters. The summed E-state index contributed by atoms with van der Waals surface area (Å²) in [6.07, 6.45) is 1.85. The molecule has 31 heavy (non-hydrogen) atoms. The molecule has 0 aromatic heterocycles. The molecule has 0 spiro atoms. The molecule has 3 amide bonds. The van der Waals surface area contributed by atoms with Gasteiger partial charge in [-0.2, -0.15) is 0 Å². The molecule has 0 aliphatic carbocycles. The summed E-state index contributed by atoms with van der Waals surface area (Å²) in [5, 5.41) is 5.53. The van der Waals surface area contributed by atoms with Crippen LogP contribution >= 0.6 is 0 Å². The van der Waals surface area contributed by atoms with Crippen LogP contribution in [0.3, 0.4) is 0 Å². The van der Waals surface area contributed by atoms with Gasteiger partial charge in [0, 0.05) is 25.6 Å². The minimum Gasteiger partial charge on any atom is -0.493 e. The molecule has 2 rings (SSSR count). The van der Waals surface area contributed by atoms with Crippen LogP contribution in [-0.2, 0) is 14.3 Å². The second kappa shape index (κ2) is 11.6. The average Bonchev–Trinajstić information content (AvgIpc) is 2.70. The van der Waals surface area contributed by atoms with Crippen molar-refractivity contribution in [2.45, 2.75) is 65.0 Å². The predicted octanol–water partition coefficient (Wildman–Crippen LogP) is 2.79. The third-order valence-corrected chi connectivity index (χ3v) is 4.89. The van der Waals surface area contributed by atoms with Crippen LogP contribution in [0.25, 0.3) is 0 Å². The van der Waals surface area contributed by atoms with Crippen molar-refractivity contribution in [2.75, 3.05) is 26.2 Å². The van der Waals surface area contributed by atoms with E-state index in [2.05, 4.69) is 10.6 Å². The maximum Gasteiger partial charge on any atom is 0.408 e. The quantitative estimate of drug-likeness (QED) is 0.615. The highest BCUT2D eigenvalue weighted by Gasteiger charge is 2.24. The number of nitrogens with zero attached hydrogens (tertiary/aromatic N) is 1. The fraction of sp³-hybridized carbons (Fsp3) is 0.609. The molecule has 1 aromatic carbocycles. The first kappa shape index (κ1) is 24.5. The van der Waals surface area contributed by atoms with Crippen LogP contribution in [0.5, 0.6) is 5.75 Å². The molecule has 1 aromatic rings. The van der Waals surface area contributed by atoms with E-state index in [4.69, 9.17) is 9.47 Å². The van der Waals surface area contributed by atoms with Crippen molar-refractivity contribution in [1.29, 1.82) is 0 Å². The second-order valence-electron chi connectivity index (χ2n) is 8.80. The number of aryl methyl sites for hydroxylation is 1. The van der Waals surface area contributed by atoms with Gasteiger partial charge in [0.15, 0.2) is 0 Å². The molecular formula is C23H35N3O5. The summed E-state index contributed by atoms with van der Waals surface area (Å²) in [4.78, 5) is 37.8. The minimum absolute atomic E-state index is 0.00440. The van der Waals surface area contributed by atoms with Gasteiger partial charge in [0.25, 0.3) is 0 Å². The van der Waals surface area contributed by atoms with Gasteiger partial charge in [0.05, 0.1) is 6.61 Å². The minimum atomic E-state index is -0.602. The Morgan fingerprint density at radius 1 is 1.13 bits per heavy atom. The van der Waals surface area contributed by atoms with Crippen LogP contribution < -0.4 is 15.4 Å². The molecule has 0 saturated carbocycles. The summed E-state index contributed by atoms with van der Waals surface area (Å²) in [6, 6.07) is 7.87. The van der Waals surface area contributed by atoms with Crippen molar-refractivity contribution in [3.05, 3.63) is 29.8 Å². The number of ether oxygens (including phenoxy) is 2. The molecule has 8 nitrogen and oxygen atoms in total. The Morgan fingerprint density at radius 2 is 1.81 bits per heavy atom. The van der Waals surface area contributed by atoms with Gasteiger partial charge < -0.3 is 25.0 Å². The van der Waals surface area contributed by atoms with E-state index in [1.165, 1.54) is 0 Å². The first-order valence-corrected chi connectivity index (χ1v) is 10.9. The number of nitrogens with one attached hydrogen (secondary N) is 2. The topological polar surface area (TPSA) is 97.0 Å². The van der Waals surface area contributed by atoms with E-state index in [9.17, 15) is 14.4 Å². The molecule has 8 heteroatoms. The third kappa shape index (κ3) is 9.27. The van der Waals surface area contributed by atoms with Crippen LogP contribution in [0, 0.1) is 6.92 Å². The number of carbonyl (C=O) groups excluding carboxylic acids is 3. The summed E-state index contributed by atoms with van der Waals surface area (Å²) in [6.45, 7) is 8.81. The SMILES string of the molecule is Cc1ccccc1OCCCC(=O)NC1CCN(C(=O)CNC(=O)OC(C)(C)C)CC1. The fourth-order valence-electron chi connectivity index (χ4n) is 3.28. The zero-order valence-electron chi connectivity index (χ0n) is 19.0. The molecule has 0 bridgehead atoms. The molecule has 1 aliphatic rings. The Kier molecular flexibility index (Phi) is 9.15. The number of para-hydroxylation sites is 1. The monoisotopic (exact) mass is 433 g/mol. The summed E-state index contributed by atoms with van der Waals surface area (Å²) in [5.74, 6) is 0.704. The molecule has 0 atom stereocenters. The van der Waals surface area contributed by atoms with Gasteiger partial charge in [-0.25, -0.2) is 4.79 Å². The first-order valence-electron chi connectivity index (χ1n) is 10.9. The lowest BCUT2D eigenvalue weighted by Gasteiger charge is -2.32. The van der Waals surface area contributed by atoms with Crippen molar-refractivity contribution in [3.63, 3.8) is 0 Å². The van der Waals surface area contributed by atoms with Crippen molar-refractivity contribution in [1.82, 2.24) is 15.5 Å². The van der Waals surface area contributed by atoms with E-state index < -0.39 is 11.7 Å². The second-order valence-corrected chi connectivity index (χ2v) is 8.80. The van der Waals surface area contributed by atoms with Crippen molar-refractivity contribution >= 4 is 17.9 Å². The first-order chi connectivity index (χ1) is 14.6. The van der Waals surface area contributed by atoms with E-state index in [-0.39, 0.29) is 24.4 Å². The van der Waals surface area contributed by atoms with E-state index in [0.29, 0.717) is 45.4 Å². The highest BCUT2D eigenvalue weighted by molar-refractivity contribution is 5.82. The molecule has 1 aliphatic heterocycles. The van der Waals surface area contributed by atoms with Gasteiger partial charge in [-0.3, -0.25) is 9.59 Å². The van der Waals surface area contributed by atoms with Crippen LogP contribution in [0.2, 0.25) is 0 Å². The highest BCUT2D eigenvalue weighted by atomic mass is 16.6. The molecule has 0 radical (unpaired) electrons. The maximum absolute atomic E-state index is 12.3. The number of hydrogen-bond acceptors (Lipinski definition) is 5. The van der Waals surface area contributed by atoms with Crippen LogP contribution in [-0.4, -0.2) is 60.7 Å². The zero-order valence-corrected chi connectivity index (χ0v) is 19.0. The summed E-state index contributed by atoms with van der Waals surface area (Å²) >= 11 is 0. The number of hydrogen-bond donors (Lipinski definition) is 2. The Balaban J connectivity index is 1.59. The van der Waals surface area contributed by atoms with Gasteiger partial charge in [-0.1, -0.05) is 18.2 Å². The molecule has 1 fully saturated rings. The lowest BCUT2D eigenvalue weighted by atomic mass is 10.0. The Labute approximate surface area is 184 Å². The normalized spacial score (nSPS) is 14.6. The molecule has 1 saturated heterocycles. The van der Waals surface area contributed by atoms with E-state index in [1.807, 2.05) is 31.2 Å². The number of likely N-dealkylation sites (tertiary alicyclic amines) is 1. The third-order valence-electron chi connectivity index (χ3n) is 4.89. The Bertz CT molecular complexity index is 752. The van der Waals surface area contributed by atoms with Crippen molar-refractivity contribution in [3.8, 4) is 5.75 Å². The van der Waals surface area contributed by atoms with E-state index in [0.717, 1.165) is 11.3 Å². The number of rotatable bonds is 8. The number of piperidine rings is 1. The lowest BCUT2D eigenvalue weighted by molar-refractivity contribution is -0.131. The van der Waals surface area contributed by atoms with E-state index >= 15 is 0 Å². The van der Waals surface area contributed by atoms with Crippen molar-refractivity contribution < 1.29 is 23.9 Å². The fourth-order valence-corrected chi connectivity index (χ4v) is 3.28. The number of benzene rings is 1. The zero-order chi connectivity index (χ0) is 22.9. The Morgan fingerprint density at radius 3 is 2.45 bits per heavy atom. The molecular weight excluding hydrogens is 398 g/mol. The standard InChI is InChI=1S/C23H35N3O5/c1-17-8-5-6-9-19(17)30-15-7-10-20(27)25-18-11-13-26(14-12-18)21(28)16-24-22(29)31-23(2,3)4/h5-6,8-9,18H,7,10-16H2,1-4H3,(H,24,29)(H,25,27). The molecule has 2 N–H and O–H groups in total. The van der Waals surface area contributed by atoms with Gasteiger partial charge >= 0.3 is 6.09 Å². The van der Waals surface area contributed by atoms with Gasteiger partial charge in [0.1, 0.15) is 17.9 Å². The molecule has 172 valence electrons. The van der Waals surface area contributed by atoms with Crippen molar-refractivity contribution in [2.24, 2.45) is 0 Å². The smallest absolute Gasteiger partial charge is 0.408 e. The largest absolute Gasteiger partial charge is 0.493 e. The maximum atomic E-state index is 12.3. The average molecular weight is 434 g/mol. The van der Waals surface area contributed by atoms with Gasteiger partial charge in [-0.05, 0) is 58.6 Å². The predicted molar refractivity (Wildman–Crippen MR) is 118 cm³/mol. The summed E-state index contributed by atoms with van der Waals surface area (Å²) in [7, 11) is 0. The van der Waals surface area contributed by atoms with Crippen LogP contribution in [0.15, 0.2) is 24.3 Å². The lowest BCUT2D eigenvalue weighted by Crippen LogP contribution is -2.49. The number of alkyl carbamates (subject to hydrolysis) is 1.